The van der Waals surface area contributed by atoms with Crippen LogP contribution in [-0.2, 0) is 0 Å². The molecule has 1 unspecified atom stereocenters. The van der Waals surface area contributed by atoms with Gasteiger partial charge in [0.25, 0.3) is 0 Å². The molecule has 112 valence electrons. The van der Waals surface area contributed by atoms with Crippen LogP contribution in [0.4, 0.5) is 4.79 Å². The van der Waals surface area contributed by atoms with Crippen molar-refractivity contribution in [2.24, 2.45) is 0 Å². The van der Waals surface area contributed by atoms with Crippen molar-refractivity contribution in [3.63, 3.8) is 0 Å². The first-order chi connectivity index (χ1) is 10.7. The summed E-state index contributed by atoms with van der Waals surface area (Å²) in [5.41, 5.74) is 4.04. The number of allylic oxidation sites excluding steroid dienone is 1. The molecule has 1 atom stereocenters. The Balaban J connectivity index is 2.07. The van der Waals surface area contributed by atoms with Gasteiger partial charge in [0.2, 0.25) is 0 Å². The van der Waals surface area contributed by atoms with Crippen LogP contribution in [0, 0.1) is 0 Å². The summed E-state index contributed by atoms with van der Waals surface area (Å²) >= 11 is 0. The molecule has 2 aromatic rings. The van der Waals surface area contributed by atoms with E-state index in [-0.39, 0.29) is 12.1 Å². The summed E-state index contributed by atoms with van der Waals surface area (Å²) in [5.74, 6) is 0.811. The highest BCUT2D eigenvalue weighted by Gasteiger charge is 2.27. The van der Waals surface area contributed by atoms with Crippen LogP contribution in [-0.4, -0.2) is 13.1 Å². The number of hydrogen-bond donors (Lipinski definition) is 2. The van der Waals surface area contributed by atoms with E-state index in [9.17, 15) is 4.79 Å². The number of amides is 2. The van der Waals surface area contributed by atoms with E-state index in [0.29, 0.717) is 0 Å². The summed E-state index contributed by atoms with van der Waals surface area (Å²) < 4.78 is 5.21. The summed E-state index contributed by atoms with van der Waals surface area (Å²) in [7, 11) is 1.65. The minimum atomic E-state index is -0.177. The molecule has 1 heterocycles. The number of nitrogens with one attached hydrogen (secondary N) is 2. The molecule has 0 radical (unpaired) electrons. The Hall–Kier alpha value is -2.75. The van der Waals surface area contributed by atoms with Crippen molar-refractivity contribution >= 4 is 11.6 Å². The number of benzene rings is 2. The topological polar surface area (TPSA) is 50.4 Å². The van der Waals surface area contributed by atoms with E-state index in [1.807, 2.05) is 61.5 Å². The van der Waals surface area contributed by atoms with Gasteiger partial charge in [-0.3, -0.25) is 0 Å². The molecule has 3 rings (SSSR count). The number of methoxy groups -OCH3 is 1. The van der Waals surface area contributed by atoms with E-state index in [2.05, 4.69) is 10.6 Å². The quantitative estimate of drug-likeness (QED) is 0.910. The number of carbonyl (C=O) groups is 1. The summed E-state index contributed by atoms with van der Waals surface area (Å²) in [5, 5.41) is 5.86. The highest BCUT2D eigenvalue weighted by molar-refractivity contribution is 5.88. The standard InChI is InChI=1S/C18H18N2O2/c1-12-16(13-8-10-15(22-2)11-9-13)17(20-18(21)19-12)14-6-4-3-5-7-14/h3-11,17H,1-2H3,(H2,19,20,21). The molecule has 1 aliphatic heterocycles. The fourth-order valence-electron chi connectivity index (χ4n) is 2.74. The normalized spacial score (nSPS) is 17.7. The zero-order valence-electron chi connectivity index (χ0n) is 12.6. The van der Waals surface area contributed by atoms with Crippen LogP contribution >= 0.6 is 0 Å². The first kappa shape index (κ1) is 14.2. The molecule has 4 heteroatoms. The highest BCUT2D eigenvalue weighted by Crippen LogP contribution is 2.34. The summed E-state index contributed by atoms with van der Waals surface area (Å²) in [4.78, 5) is 11.9. The molecule has 0 bridgehead atoms. The zero-order chi connectivity index (χ0) is 15.5. The van der Waals surface area contributed by atoms with Crippen LogP contribution in [0.1, 0.15) is 24.1 Å². The Labute approximate surface area is 129 Å². The fraction of sp³-hybridized carbons (Fsp3) is 0.167. The summed E-state index contributed by atoms with van der Waals surface area (Å²) in [6, 6.07) is 17.5. The maximum absolute atomic E-state index is 11.9. The number of carbonyl (C=O) groups excluding carboxylic acids is 1. The van der Waals surface area contributed by atoms with Crippen LogP contribution in [0.5, 0.6) is 5.75 Å². The number of rotatable bonds is 3. The molecular weight excluding hydrogens is 276 g/mol. The smallest absolute Gasteiger partial charge is 0.319 e. The average molecular weight is 294 g/mol. The molecule has 0 saturated carbocycles. The molecule has 0 fully saturated rings. The van der Waals surface area contributed by atoms with Crippen LogP contribution in [0.15, 0.2) is 60.3 Å². The van der Waals surface area contributed by atoms with Gasteiger partial charge in [0.15, 0.2) is 0 Å². The van der Waals surface area contributed by atoms with Crippen LogP contribution in [0.25, 0.3) is 5.57 Å². The maximum atomic E-state index is 11.9. The van der Waals surface area contributed by atoms with Crippen molar-refractivity contribution in [1.29, 1.82) is 0 Å². The number of urea groups is 1. The van der Waals surface area contributed by atoms with Crippen molar-refractivity contribution in [3.05, 3.63) is 71.4 Å². The first-order valence-corrected chi connectivity index (χ1v) is 7.16. The molecule has 22 heavy (non-hydrogen) atoms. The SMILES string of the molecule is COc1ccc(C2=C(C)NC(=O)NC2c2ccccc2)cc1. The van der Waals surface area contributed by atoms with Crippen LogP contribution < -0.4 is 15.4 Å². The second kappa shape index (κ2) is 5.93. The summed E-state index contributed by atoms with van der Waals surface area (Å²) in [6.07, 6.45) is 0. The lowest BCUT2D eigenvalue weighted by atomic mass is 9.90. The molecule has 2 N–H and O–H groups in total. The molecule has 1 aliphatic rings. The van der Waals surface area contributed by atoms with Gasteiger partial charge in [0, 0.05) is 11.3 Å². The van der Waals surface area contributed by atoms with Crippen molar-refractivity contribution in [2.75, 3.05) is 7.11 Å². The maximum Gasteiger partial charge on any atom is 0.319 e. The lowest BCUT2D eigenvalue weighted by molar-refractivity contribution is 0.240. The van der Waals surface area contributed by atoms with Crippen molar-refractivity contribution in [3.8, 4) is 5.75 Å². The second-order valence-electron chi connectivity index (χ2n) is 5.21. The second-order valence-corrected chi connectivity index (χ2v) is 5.21. The monoisotopic (exact) mass is 294 g/mol. The average Bonchev–Trinajstić information content (AvgIpc) is 2.55. The molecule has 0 spiro atoms. The van der Waals surface area contributed by atoms with Crippen LogP contribution in [0.3, 0.4) is 0 Å². The van der Waals surface area contributed by atoms with Gasteiger partial charge >= 0.3 is 6.03 Å². The Bertz CT molecular complexity index is 706. The predicted molar refractivity (Wildman–Crippen MR) is 86.4 cm³/mol. The molecule has 2 amide bonds. The molecular formula is C18H18N2O2. The third kappa shape index (κ3) is 2.68. The van der Waals surface area contributed by atoms with Gasteiger partial charge in [0.05, 0.1) is 13.2 Å². The lowest BCUT2D eigenvalue weighted by Gasteiger charge is -2.29. The van der Waals surface area contributed by atoms with E-state index in [4.69, 9.17) is 4.74 Å². The van der Waals surface area contributed by atoms with Gasteiger partial charge in [-0.1, -0.05) is 42.5 Å². The minimum absolute atomic E-state index is 0.164. The molecule has 0 aliphatic carbocycles. The van der Waals surface area contributed by atoms with Gasteiger partial charge in [0.1, 0.15) is 5.75 Å². The fourth-order valence-corrected chi connectivity index (χ4v) is 2.74. The van der Waals surface area contributed by atoms with Gasteiger partial charge in [-0.2, -0.15) is 0 Å². The van der Waals surface area contributed by atoms with Gasteiger partial charge in [-0.05, 0) is 30.2 Å². The van der Waals surface area contributed by atoms with Crippen molar-refractivity contribution in [2.45, 2.75) is 13.0 Å². The Kier molecular flexibility index (Phi) is 3.83. The third-order valence-corrected chi connectivity index (χ3v) is 3.80. The lowest BCUT2D eigenvalue weighted by Crippen LogP contribution is -2.42. The van der Waals surface area contributed by atoms with E-state index in [1.54, 1.807) is 7.11 Å². The molecule has 0 saturated heterocycles. The van der Waals surface area contributed by atoms with E-state index in [1.165, 1.54) is 0 Å². The molecule has 4 nitrogen and oxygen atoms in total. The van der Waals surface area contributed by atoms with E-state index in [0.717, 1.165) is 28.1 Å². The van der Waals surface area contributed by atoms with Crippen molar-refractivity contribution in [1.82, 2.24) is 10.6 Å². The molecule has 0 aromatic heterocycles. The number of hydrogen-bond acceptors (Lipinski definition) is 2. The van der Waals surface area contributed by atoms with Gasteiger partial charge < -0.3 is 15.4 Å². The van der Waals surface area contributed by atoms with E-state index >= 15 is 0 Å². The highest BCUT2D eigenvalue weighted by atomic mass is 16.5. The van der Waals surface area contributed by atoms with Crippen LogP contribution in [0.2, 0.25) is 0 Å². The Morgan fingerprint density at radius 2 is 1.68 bits per heavy atom. The largest absolute Gasteiger partial charge is 0.497 e. The third-order valence-electron chi connectivity index (χ3n) is 3.80. The predicted octanol–water partition coefficient (Wildman–Crippen LogP) is 3.48. The minimum Gasteiger partial charge on any atom is -0.497 e. The zero-order valence-corrected chi connectivity index (χ0v) is 12.6. The van der Waals surface area contributed by atoms with Crippen molar-refractivity contribution < 1.29 is 9.53 Å². The first-order valence-electron chi connectivity index (χ1n) is 7.16. The molecule has 2 aromatic carbocycles. The Morgan fingerprint density at radius 1 is 1.00 bits per heavy atom. The summed E-state index contributed by atoms with van der Waals surface area (Å²) in [6.45, 7) is 1.92. The van der Waals surface area contributed by atoms with E-state index < -0.39 is 0 Å². The Morgan fingerprint density at radius 3 is 2.32 bits per heavy atom. The van der Waals surface area contributed by atoms with Gasteiger partial charge in [-0.25, -0.2) is 4.79 Å². The van der Waals surface area contributed by atoms with Gasteiger partial charge in [-0.15, -0.1) is 0 Å². The number of ether oxygens (including phenoxy) is 1.